The predicted molar refractivity (Wildman–Crippen MR) is 101 cm³/mol. The number of likely N-dealkylation sites (tertiary alicyclic amines) is 1. The molecule has 132 valence electrons. The Morgan fingerprint density at radius 1 is 1.08 bits per heavy atom. The molecular formula is C21H21N3O2. The third-order valence-corrected chi connectivity index (χ3v) is 5.09. The first kappa shape index (κ1) is 16.5. The molecule has 5 heteroatoms. The van der Waals surface area contributed by atoms with Gasteiger partial charge in [0.25, 0.3) is 11.5 Å². The molecule has 3 heterocycles. The summed E-state index contributed by atoms with van der Waals surface area (Å²) in [5, 5.41) is 1.39. The molecule has 1 aliphatic rings. The lowest BCUT2D eigenvalue weighted by atomic mass is 10.0. The summed E-state index contributed by atoms with van der Waals surface area (Å²) in [5.41, 5.74) is 1.23. The van der Waals surface area contributed by atoms with Gasteiger partial charge in [-0.05, 0) is 48.1 Å². The van der Waals surface area contributed by atoms with Crippen LogP contribution in [-0.4, -0.2) is 27.3 Å². The van der Waals surface area contributed by atoms with Crippen LogP contribution in [0.25, 0.3) is 10.8 Å². The lowest BCUT2D eigenvalue weighted by molar-refractivity contribution is 0.0674. The molecule has 0 aliphatic carbocycles. The molecule has 4 rings (SSSR count). The van der Waals surface area contributed by atoms with Crippen LogP contribution in [0, 0.1) is 0 Å². The Hall–Kier alpha value is -2.95. The van der Waals surface area contributed by atoms with E-state index in [1.807, 2.05) is 35.2 Å². The minimum atomic E-state index is -0.221. The number of benzene rings is 1. The number of H-pyrrole nitrogens is 1. The van der Waals surface area contributed by atoms with Gasteiger partial charge in [0, 0.05) is 24.3 Å². The zero-order valence-corrected chi connectivity index (χ0v) is 14.5. The van der Waals surface area contributed by atoms with Gasteiger partial charge in [-0.25, -0.2) is 0 Å². The minimum Gasteiger partial charge on any atom is -0.330 e. The normalized spacial score (nSPS) is 17.8. The number of hydrogen-bond donors (Lipinski definition) is 1. The quantitative estimate of drug-likeness (QED) is 0.769. The lowest BCUT2D eigenvalue weighted by Gasteiger charge is -2.30. The summed E-state index contributed by atoms with van der Waals surface area (Å²) in [6.07, 6.45) is 7.63. The Kier molecular flexibility index (Phi) is 4.52. The van der Waals surface area contributed by atoms with Crippen molar-refractivity contribution in [2.45, 2.75) is 31.7 Å². The number of pyridine rings is 2. The van der Waals surface area contributed by atoms with Crippen LogP contribution in [0.2, 0.25) is 0 Å². The molecule has 1 atom stereocenters. The van der Waals surface area contributed by atoms with E-state index >= 15 is 0 Å². The number of amides is 1. The lowest BCUT2D eigenvalue weighted by Crippen LogP contribution is -2.36. The zero-order valence-electron chi connectivity index (χ0n) is 14.5. The highest BCUT2D eigenvalue weighted by atomic mass is 16.2. The van der Waals surface area contributed by atoms with Gasteiger partial charge in [0.15, 0.2) is 0 Å². The molecule has 1 N–H and O–H groups in total. The predicted octanol–water partition coefficient (Wildman–Crippen LogP) is 3.68. The summed E-state index contributed by atoms with van der Waals surface area (Å²) in [4.78, 5) is 34.4. The second-order valence-corrected chi connectivity index (χ2v) is 6.74. The van der Waals surface area contributed by atoms with E-state index in [-0.39, 0.29) is 17.5 Å². The molecule has 0 radical (unpaired) electrons. The standard InChI is InChI=1S/C21H21N3O2/c25-20-17-7-4-3-6-16(17)14-18(23-20)21(26)24-13-5-1-2-8-19(24)15-9-11-22-12-10-15/h3-4,6-7,9-12,14,19H,1-2,5,8,13H2,(H,23,25)/t19-/m1/s1. The van der Waals surface area contributed by atoms with Gasteiger partial charge in [-0.3, -0.25) is 14.6 Å². The Bertz CT molecular complexity index is 981. The molecule has 26 heavy (non-hydrogen) atoms. The van der Waals surface area contributed by atoms with E-state index in [1.165, 1.54) is 0 Å². The largest absolute Gasteiger partial charge is 0.330 e. The monoisotopic (exact) mass is 347 g/mol. The molecule has 0 unspecified atom stereocenters. The van der Waals surface area contributed by atoms with Crippen LogP contribution < -0.4 is 5.56 Å². The average molecular weight is 347 g/mol. The molecule has 3 aromatic rings. The van der Waals surface area contributed by atoms with Gasteiger partial charge in [-0.1, -0.05) is 31.0 Å². The smallest absolute Gasteiger partial charge is 0.270 e. The number of rotatable bonds is 2. The second kappa shape index (κ2) is 7.12. The van der Waals surface area contributed by atoms with E-state index in [2.05, 4.69) is 9.97 Å². The van der Waals surface area contributed by atoms with Gasteiger partial charge in [0.2, 0.25) is 0 Å². The summed E-state index contributed by atoms with van der Waals surface area (Å²) in [6.45, 7) is 0.695. The molecule has 1 amide bonds. The minimum absolute atomic E-state index is 0.0166. The Labute approximate surface area is 151 Å². The van der Waals surface area contributed by atoms with Crippen LogP contribution in [0.15, 0.2) is 59.7 Å². The van der Waals surface area contributed by atoms with Crippen LogP contribution >= 0.6 is 0 Å². The Balaban J connectivity index is 1.74. The first-order valence-corrected chi connectivity index (χ1v) is 9.07. The third kappa shape index (κ3) is 3.12. The number of carbonyl (C=O) groups excluding carboxylic acids is 1. The maximum absolute atomic E-state index is 13.3. The molecular weight excluding hydrogens is 326 g/mol. The van der Waals surface area contributed by atoms with E-state index in [0.717, 1.165) is 36.6 Å². The number of nitrogens with zero attached hydrogens (tertiary/aromatic N) is 2. The Morgan fingerprint density at radius 2 is 1.88 bits per heavy atom. The van der Waals surface area contributed by atoms with Crippen molar-refractivity contribution >= 4 is 16.7 Å². The fourth-order valence-corrected chi connectivity index (χ4v) is 3.76. The maximum Gasteiger partial charge on any atom is 0.270 e. The summed E-state index contributed by atoms with van der Waals surface area (Å²) in [7, 11) is 0. The van der Waals surface area contributed by atoms with Crippen molar-refractivity contribution in [3.05, 3.63) is 76.5 Å². The summed E-state index contributed by atoms with van der Waals surface area (Å²) in [6, 6.07) is 13.1. The zero-order chi connectivity index (χ0) is 17.9. The number of aromatic amines is 1. The van der Waals surface area contributed by atoms with Gasteiger partial charge < -0.3 is 9.88 Å². The fraction of sp³-hybridized carbons (Fsp3) is 0.286. The van der Waals surface area contributed by atoms with E-state index in [0.29, 0.717) is 17.6 Å². The SMILES string of the molecule is O=C(c1cc2ccccc2c(=O)[nH]1)N1CCCCC[C@@H]1c1ccncc1. The molecule has 0 bridgehead atoms. The average Bonchev–Trinajstić information content (AvgIpc) is 2.94. The first-order valence-electron chi connectivity index (χ1n) is 9.07. The number of carbonyl (C=O) groups is 1. The van der Waals surface area contributed by atoms with Crippen molar-refractivity contribution < 1.29 is 4.79 Å². The van der Waals surface area contributed by atoms with Crippen molar-refractivity contribution in [1.29, 1.82) is 0 Å². The van der Waals surface area contributed by atoms with Crippen molar-refractivity contribution in [2.75, 3.05) is 6.54 Å². The first-order chi connectivity index (χ1) is 12.7. The van der Waals surface area contributed by atoms with E-state index in [4.69, 9.17) is 0 Å². The van der Waals surface area contributed by atoms with Gasteiger partial charge >= 0.3 is 0 Å². The van der Waals surface area contributed by atoms with Gasteiger partial charge in [0.05, 0.1) is 6.04 Å². The van der Waals surface area contributed by atoms with E-state index < -0.39 is 0 Å². The molecule has 1 aromatic carbocycles. The molecule has 1 aliphatic heterocycles. The topological polar surface area (TPSA) is 66.1 Å². The van der Waals surface area contributed by atoms with Gasteiger partial charge in [0.1, 0.15) is 5.69 Å². The summed E-state index contributed by atoms with van der Waals surface area (Å²) < 4.78 is 0. The van der Waals surface area contributed by atoms with E-state index in [1.54, 1.807) is 24.5 Å². The van der Waals surface area contributed by atoms with Crippen LogP contribution in [0.3, 0.4) is 0 Å². The van der Waals surface area contributed by atoms with Crippen LogP contribution in [0.5, 0.6) is 0 Å². The Morgan fingerprint density at radius 3 is 2.73 bits per heavy atom. The molecule has 1 saturated heterocycles. The number of hydrogen-bond acceptors (Lipinski definition) is 3. The molecule has 5 nitrogen and oxygen atoms in total. The molecule has 1 fully saturated rings. The number of fused-ring (bicyclic) bond motifs is 1. The van der Waals surface area contributed by atoms with Gasteiger partial charge in [-0.15, -0.1) is 0 Å². The number of nitrogens with one attached hydrogen (secondary N) is 1. The van der Waals surface area contributed by atoms with Crippen LogP contribution in [0.1, 0.15) is 47.8 Å². The van der Waals surface area contributed by atoms with E-state index in [9.17, 15) is 9.59 Å². The highest BCUT2D eigenvalue weighted by Crippen LogP contribution is 2.31. The van der Waals surface area contributed by atoms with Gasteiger partial charge in [-0.2, -0.15) is 0 Å². The summed E-state index contributed by atoms with van der Waals surface area (Å²) >= 11 is 0. The highest BCUT2D eigenvalue weighted by molar-refractivity contribution is 5.96. The van der Waals surface area contributed by atoms with Crippen molar-refractivity contribution in [3.63, 3.8) is 0 Å². The molecule has 0 spiro atoms. The number of aromatic nitrogens is 2. The molecule has 0 saturated carbocycles. The second-order valence-electron chi connectivity index (χ2n) is 6.74. The fourth-order valence-electron chi connectivity index (χ4n) is 3.76. The molecule has 2 aromatic heterocycles. The summed E-state index contributed by atoms with van der Waals surface area (Å²) in [5.74, 6) is -0.114. The van der Waals surface area contributed by atoms with Crippen LogP contribution in [0.4, 0.5) is 0 Å². The van der Waals surface area contributed by atoms with Crippen molar-refractivity contribution in [2.24, 2.45) is 0 Å². The maximum atomic E-state index is 13.3. The third-order valence-electron chi connectivity index (χ3n) is 5.09. The highest BCUT2D eigenvalue weighted by Gasteiger charge is 2.28. The van der Waals surface area contributed by atoms with Crippen molar-refractivity contribution in [3.8, 4) is 0 Å². The van der Waals surface area contributed by atoms with Crippen LogP contribution in [-0.2, 0) is 0 Å². The van der Waals surface area contributed by atoms with Crippen molar-refractivity contribution in [1.82, 2.24) is 14.9 Å².